The van der Waals surface area contributed by atoms with Gasteiger partial charge >= 0.3 is 12.0 Å². The molecule has 20 heavy (non-hydrogen) atoms. The lowest BCUT2D eigenvalue weighted by atomic mass is 10.0. The third kappa shape index (κ3) is 3.69. The predicted octanol–water partition coefficient (Wildman–Crippen LogP) is 2.11. The van der Waals surface area contributed by atoms with Gasteiger partial charge in [0.25, 0.3) is 0 Å². The third-order valence-electron chi connectivity index (χ3n) is 3.62. The zero-order chi connectivity index (χ0) is 14.5. The fourth-order valence-corrected chi connectivity index (χ4v) is 2.37. The van der Waals surface area contributed by atoms with E-state index in [1.54, 1.807) is 17.3 Å². The van der Waals surface area contributed by atoms with Crippen LogP contribution in [0.3, 0.4) is 0 Å². The van der Waals surface area contributed by atoms with Gasteiger partial charge in [0, 0.05) is 25.7 Å². The molecule has 0 bridgehead atoms. The van der Waals surface area contributed by atoms with Gasteiger partial charge in [-0.2, -0.15) is 0 Å². The number of nitrogens with one attached hydrogen (secondary N) is 1. The highest BCUT2D eigenvalue weighted by atomic mass is 16.4. The Morgan fingerprint density at radius 2 is 2.35 bits per heavy atom. The van der Waals surface area contributed by atoms with Gasteiger partial charge in [0.1, 0.15) is 0 Å². The Morgan fingerprint density at radius 3 is 3.05 bits per heavy atom. The Bertz CT molecular complexity index is 504. The molecule has 1 aromatic heterocycles. The molecule has 2 amide bonds. The molecule has 1 atom stereocenters. The van der Waals surface area contributed by atoms with Crippen LogP contribution in [0.15, 0.2) is 18.5 Å². The minimum Gasteiger partial charge on any atom is -0.481 e. The van der Waals surface area contributed by atoms with Crippen LogP contribution in [0.1, 0.15) is 24.8 Å². The van der Waals surface area contributed by atoms with Gasteiger partial charge < -0.3 is 15.3 Å². The number of likely N-dealkylation sites (tertiary alicyclic amines) is 1. The zero-order valence-electron chi connectivity index (χ0n) is 11.5. The molecule has 1 saturated heterocycles. The second-order valence-electron chi connectivity index (χ2n) is 5.15. The molecule has 6 heteroatoms. The number of nitrogens with zero attached hydrogens (tertiary/aromatic N) is 2. The lowest BCUT2D eigenvalue weighted by molar-refractivity contribution is -0.137. The van der Waals surface area contributed by atoms with Gasteiger partial charge in [0.2, 0.25) is 0 Å². The molecule has 2 N–H and O–H groups in total. The molecule has 2 rings (SSSR count). The van der Waals surface area contributed by atoms with Crippen molar-refractivity contribution in [3.05, 3.63) is 24.0 Å². The van der Waals surface area contributed by atoms with E-state index in [1.165, 1.54) is 0 Å². The number of hydrogen-bond acceptors (Lipinski definition) is 3. The standard InChI is InChI=1S/C14H19N3O3/c1-10-4-6-15-8-12(10)16-14(20)17-7-5-11(9-17)2-3-13(18)19/h4,6,8,11H,2-3,5,7,9H2,1H3,(H,16,20)(H,18,19). The molecule has 0 saturated carbocycles. The highest BCUT2D eigenvalue weighted by molar-refractivity contribution is 5.90. The van der Waals surface area contributed by atoms with Crippen molar-refractivity contribution in [1.82, 2.24) is 9.88 Å². The second kappa shape index (κ2) is 6.36. The van der Waals surface area contributed by atoms with E-state index in [0.717, 1.165) is 12.0 Å². The van der Waals surface area contributed by atoms with Crippen molar-refractivity contribution in [3.8, 4) is 0 Å². The Labute approximate surface area is 117 Å². The Hall–Kier alpha value is -2.11. The molecule has 1 aromatic rings. The quantitative estimate of drug-likeness (QED) is 0.883. The topological polar surface area (TPSA) is 82.5 Å². The number of hydrogen-bond donors (Lipinski definition) is 2. The van der Waals surface area contributed by atoms with Gasteiger partial charge in [-0.25, -0.2) is 4.79 Å². The van der Waals surface area contributed by atoms with Crippen molar-refractivity contribution >= 4 is 17.7 Å². The molecular formula is C14H19N3O3. The molecule has 0 aliphatic carbocycles. The first-order valence-electron chi connectivity index (χ1n) is 6.74. The molecule has 1 fully saturated rings. The van der Waals surface area contributed by atoms with E-state index in [-0.39, 0.29) is 18.4 Å². The van der Waals surface area contributed by atoms with Crippen LogP contribution in [0.5, 0.6) is 0 Å². The number of aromatic nitrogens is 1. The van der Waals surface area contributed by atoms with Crippen LogP contribution in [0.2, 0.25) is 0 Å². The number of carboxylic acids is 1. The van der Waals surface area contributed by atoms with Crippen molar-refractivity contribution in [3.63, 3.8) is 0 Å². The summed E-state index contributed by atoms with van der Waals surface area (Å²) < 4.78 is 0. The molecule has 1 aliphatic rings. The first-order chi connectivity index (χ1) is 9.56. The number of carboxylic acid groups (broad SMARTS) is 1. The maximum absolute atomic E-state index is 12.1. The SMILES string of the molecule is Cc1ccncc1NC(=O)N1CCC(CCC(=O)O)C1. The summed E-state index contributed by atoms with van der Waals surface area (Å²) in [5, 5.41) is 11.5. The van der Waals surface area contributed by atoms with E-state index in [2.05, 4.69) is 10.3 Å². The lowest BCUT2D eigenvalue weighted by Crippen LogP contribution is -2.33. The van der Waals surface area contributed by atoms with Crippen molar-refractivity contribution < 1.29 is 14.7 Å². The fraction of sp³-hybridized carbons (Fsp3) is 0.500. The average Bonchev–Trinajstić information content (AvgIpc) is 2.88. The van der Waals surface area contributed by atoms with Crippen molar-refractivity contribution in [1.29, 1.82) is 0 Å². The first-order valence-corrected chi connectivity index (χ1v) is 6.74. The van der Waals surface area contributed by atoms with Crippen LogP contribution in [-0.2, 0) is 4.79 Å². The molecule has 6 nitrogen and oxygen atoms in total. The number of carbonyl (C=O) groups excluding carboxylic acids is 1. The van der Waals surface area contributed by atoms with Gasteiger partial charge in [-0.15, -0.1) is 0 Å². The van der Waals surface area contributed by atoms with E-state index < -0.39 is 5.97 Å². The normalized spacial score (nSPS) is 18.1. The number of carbonyl (C=O) groups is 2. The monoisotopic (exact) mass is 277 g/mol. The lowest BCUT2D eigenvalue weighted by Gasteiger charge is -2.18. The third-order valence-corrected chi connectivity index (χ3v) is 3.62. The smallest absolute Gasteiger partial charge is 0.321 e. The Kier molecular flexibility index (Phi) is 4.55. The Morgan fingerprint density at radius 1 is 1.55 bits per heavy atom. The van der Waals surface area contributed by atoms with Crippen LogP contribution in [0.4, 0.5) is 10.5 Å². The molecule has 1 unspecified atom stereocenters. The number of anilines is 1. The molecule has 2 heterocycles. The zero-order valence-corrected chi connectivity index (χ0v) is 11.5. The van der Waals surface area contributed by atoms with Gasteiger partial charge in [0.05, 0.1) is 11.9 Å². The Balaban J connectivity index is 1.85. The summed E-state index contributed by atoms with van der Waals surface area (Å²) in [6.07, 6.45) is 4.98. The fourth-order valence-electron chi connectivity index (χ4n) is 2.37. The van der Waals surface area contributed by atoms with Crippen molar-refractivity contribution in [2.45, 2.75) is 26.2 Å². The summed E-state index contributed by atoms with van der Waals surface area (Å²) in [5.41, 5.74) is 1.68. The summed E-state index contributed by atoms with van der Waals surface area (Å²) in [4.78, 5) is 28.4. The average molecular weight is 277 g/mol. The highest BCUT2D eigenvalue weighted by Crippen LogP contribution is 2.22. The number of aryl methyl sites for hydroxylation is 1. The van der Waals surface area contributed by atoms with E-state index in [4.69, 9.17) is 5.11 Å². The second-order valence-corrected chi connectivity index (χ2v) is 5.15. The van der Waals surface area contributed by atoms with E-state index in [9.17, 15) is 9.59 Å². The number of rotatable bonds is 4. The van der Waals surface area contributed by atoms with Crippen LogP contribution in [0, 0.1) is 12.8 Å². The molecular weight excluding hydrogens is 258 g/mol. The summed E-state index contributed by atoms with van der Waals surface area (Å²) in [7, 11) is 0. The van der Waals surface area contributed by atoms with E-state index >= 15 is 0 Å². The van der Waals surface area contributed by atoms with Crippen LogP contribution in [0.25, 0.3) is 0 Å². The maximum atomic E-state index is 12.1. The molecule has 0 spiro atoms. The maximum Gasteiger partial charge on any atom is 0.321 e. The molecule has 0 aromatic carbocycles. The van der Waals surface area contributed by atoms with Gasteiger partial charge in [-0.05, 0) is 37.3 Å². The van der Waals surface area contributed by atoms with Crippen LogP contribution >= 0.6 is 0 Å². The summed E-state index contributed by atoms with van der Waals surface area (Å²) in [6.45, 7) is 3.21. The number of amides is 2. The largest absolute Gasteiger partial charge is 0.481 e. The van der Waals surface area contributed by atoms with Crippen LogP contribution < -0.4 is 5.32 Å². The van der Waals surface area contributed by atoms with E-state index in [1.807, 2.05) is 13.0 Å². The van der Waals surface area contributed by atoms with Crippen molar-refractivity contribution in [2.24, 2.45) is 5.92 Å². The minimum absolute atomic E-state index is 0.140. The van der Waals surface area contributed by atoms with Gasteiger partial charge in [0.15, 0.2) is 0 Å². The van der Waals surface area contributed by atoms with Gasteiger partial charge in [-0.3, -0.25) is 9.78 Å². The molecule has 0 radical (unpaired) electrons. The molecule has 108 valence electrons. The van der Waals surface area contributed by atoms with Crippen molar-refractivity contribution in [2.75, 3.05) is 18.4 Å². The number of aliphatic carboxylic acids is 1. The van der Waals surface area contributed by atoms with Crippen LogP contribution in [-0.4, -0.2) is 40.1 Å². The summed E-state index contributed by atoms with van der Waals surface area (Å²) in [6, 6.07) is 1.70. The predicted molar refractivity (Wildman–Crippen MR) is 74.5 cm³/mol. The summed E-state index contributed by atoms with van der Waals surface area (Å²) in [5.74, 6) is -0.495. The van der Waals surface area contributed by atoms with Gasteiger partial charge in [-0.1, -0.05) is 0 Å². The number of urea groups is 1. The van der Waals surface area contributed by atoms with E-state index in [0.29, 0.717) is 25.2 Å². The molecule has 1 aliphatic heterocycles. The summed E-state index contributed by atoms with van der Waals surface area (Å²) >= 11 is 0. The minimum atomic E-state index is -0.779. The highest BCUT2D eigenvalue weighted by Gasteiger charge is 2.26. The first kappa shape index (κ1) is 14.3. The number of pyridine rings is 1.